The normalized spacial score (nSPS) is 11.6. The number of aryl methyl sites for hydroxylation is 2. The van der Waals surface area contributed by atoms with E-state index >= 15 is 0 Å². The lowest BCUT2D eigenvalue weighted by atomic mass is 10.1. The van der Waals surface area contributed by atoms with Gasteiger partial charge in [-0.25, -0.2) is 14.5 Å². The first-order chi connectivity index (χ1) is 14.4. The van der Waals surface area contributed by atoms with Crippen LogP contribution >= 0.6 is 0 Å². The summed E-state index contributed by atoms with van der Waals surface area (Å²) in [6.07, 6.45) is 3.33. The Morgan fingerprint density at radius 1 is 1.13 bits per heavy atom. The van der Waals surface area contributed by atoms with E-state index in [1.165, 1.54) is 0 Å². The van der Waals surface area contributed by atoms with Gasteiger partial charge in [-0.3, -0.25) is 19.5 Å². The second-order valence-electron chi connectivity index (χ2n) is 7.04. The predicted octanol–water partition coefficient (Wildman–Crippen LogP) is 2.45. The molecule has 4 aromatic heterocycles. The summed E-state index contributed by atoms with van der Waals surface area (Å²) in [5.74, 6) is 0.541. The summed E-state index contributed by atoms with van der Waals surface area (Å²) < 4.78 is 4.96. The molecule has 0 aliphatic heterocycles. The van der Waals surface area contributed by atoms with E-state index in [0.29, 0.717) is 29.4 Å². The highest BCUT2D eigenvalue weighted by Gasteiger charge is 2.23. The van der Waals surface area contributed by atoms with Gasteiger partial charge in [0, 0.05) is 12.6 Å². The number of aromatic nitrogens is 8. The molecule has 0 unspecified atom stereocenters. The molecule has 0 aliphatic rings. The molecule has 0 N–H and O–H groups in total. The molecule has 0 radical (unpaired) electrons. The first kappa shape index (κ1) is 17.9. The molecule has 0 saturated heterocycles. The molecule has 0 fully saturated rings. The average Bonchev–Trinajstić information content (AvgIpc) is 3.38. The number of nitro groups is 1. The third-order valence-corrected chi connectivity index (χ3v) is 5.17. The van der Waals surface area contributed by atoms with E-state index in [-0.39, 0.29) is 5.69 Å². The largest absolute Gasteiger partial charge is 0.312 e. The molecular weight excluding hydrogens is 386 g/mol. The maximum Gasteiger partial charge on any atom is 0.312 e. The highest BCUT2D eigenvalue weighted by atomic mass is 16.6. The van der Waals surface area contributed by atoms with Crippen LogP contribution in [-0.2, 0) is 13.6 Å². The third kappa shape index (κ3) is 2.63. The quantitative estimate of drug-likeness (QED) is 0.334. The van der Waals surface area contributed by atoms with Gasteiger partial charge in [-0.2, -0.15) is 10.2 Å². The second-order valence-corrected chi connectivity index (χ2v) is 7.04. The summed E-state index contributed by atoms with van der Waals surface area (Å²) in [5.41, 5.74) is 4.08. The van der Waals surface area contributed by atoms with Crippen LogP contribution < -0.4 is 0 Å². The van der Waals surface area contributed by atoms with Crippen molar-refractivity contribution >= 4 is 22.4 Å². The van der Waals surface area contributed by atoms with Crippen molar-refractivity contribution in [1.29, 1.82) is 0 Å². The Labute approximate surface area is 169 Å². The molecule has 0 amide bonds. The molecule has 150 valence electrons. The number of hydrogen-bond donors (Lipinski definition) is 0. The van der Waals surface area contributed by atoms with Gasteiger partial charge >= 0.3 is 5.69 Å². The van der Waals surface area contributed by atoms with Crippen LogP contribution in [0.1, 0.15) is 17.0 Å². The maximum absolute atomic E-state index is 11.3. The zero-order valence-electron chi connectivity index (χ0n) is 16.5. The molecule has 5 aromatic rings. The fourth-order valence-electron chi connectivity index (χ4n) is 3.70. The van der Waals surface area contributed by atoms with E-state index in [0.717, 1.165) is 22.2 Å². The van der Waals surface area contributed by atoms with Crippen molar-refractivity contribution in [2.45, 2.75) is 20.4 Å². The van der Waals surface area contributed by atoms with Crippen LogP contribution in [0.3, 0.4) is 0 Å². The minimum atomic E-state index is -0.393. The monoisotopic (exact) mass is 403 g/mol. The third-order valence-electron chi connectivity index (χ3n) is 5.17. The molecule has 0 atom stereocenters. The lowest BCUT2D eigenvalue weighted by Gasteiger charge is -2.08. The van der Waals surface area contributed by atoms with E-state index in [4.69, 9.17) is 4.98 Å². The van der Waals surface area contributed by atoms with Crippen LogP contribution in [0.2, 0.25) is 0 Å². The zero-order chi connectivity index (χ0) is 21.0. The molecule has 4 heterocycles. The summed E-state index contributed by atoms with van der Waals surface area (Å²) in [7, 11) is 1.83. The molecular formula is C19H17N9O2. The van der Waals surface area contributed by atoms with Gasteiger partial charge < -0.3 is 0 Å². The molecule has 5 rings (SSSR count). The van der Waals surface area contributed by atoms with Gasteiger partial charge in [-0.15, -0.1) is 5.10 Å². The Kier molecular flexibility index (Phi) is 3.85. The van der Waals surface area contributed by atoms with E-state index in [9.17, 15) is 10.1 Å². The van der Waals surface area contributed by atoms with Crippen molar-refractivity contribution in [3.8, 4) is 11.4 Å². The zero-order valence-corrected chi connectivity index (χ0v) is 16.5. The molecule has 1 aromatic carbocycles. The number of fused-ring (bicyclic) bond motifs is 3. The van der Waals surface area contributed by atoms with Crippen LogP contribution in [0.25, 0.3) is 28.1 Å². The van der Waals surface area contributed by atoms with Crippen molar-refractivity contribution in [2.24, 2.45) is 7.05 Å². The van der Waals surface area contributed by atoms with Crippen molar-refractivity contribution in [1.82, 2.24) is 39.1 Å². The Hall–Kier alpha value is -4.15. The van der Waals surface area contributed by atoms with Crippen molar-refractivity contribution < 1.29 is 4.92 Å². The fourth-order valence-corrected chi connectivity index (χ4v) is 3.70. The lowest BCUT2D eigenvalue weighted by molar-refractivity contribution is -0.386. The Balaban J connectivity index is 1.61. The highest BCUT2D eigenvalue weighted by molar-refractivity contribution is 5.89. The van der Waals surface area contributed by atoms with Crippen LogP contribution in [0.5, 0.6) is 0 Å². The average molecular weight is 403 g/mol. The maximum atomic E-state index is 11.3. The number of benzene rings is 1. The fraction of sp³-hybridized carbons (Fsp3) is 0.211. The smallest absolute Gasteiger partial charge is 0.258 e. The number of nitrogens with zero attached hydrogens (tertiary/aromatic N) is 9. The Morgan fingerprint density at radius 2 is 1.93 bits per heavy atom. The molecule has 11 nitrogen and oxygen atoms in total. The predicted molar refractivity (Wildman–Crippen MR) is 108 cm³/mol. The minimum Gasteiger partial charge on any atom is -0.258 e. The van der Waals surface area contributed by atoms with E-state index < -0.39 is 4.92 Å². The summed E-state index contributed by atoms with van der Waals surface area (Å²) in [5, 5.41) is 25.3. The van der Waals surface area contributed by atoms with Crippen molar-refractivity contribution in [2.75, 3.05) is 0 Å². The van der Waals surface area contributed by atoms with Gasteiger partial charge in [-0.05, 0) is 19.4 Å². The summed E-state index contributed by atoms with van der Waals surface area (Å²) >= 11 is 0. The standard InChI is InChI=1S/C19H17N9O2/c1-11-16(28(29)30)12(2)26(23-11)9-13-6-4-5-7-14(13)17-22-19-15-8-21-25(3)18(15)20-10-27(19)24-17/h4-8,10H,9H2,1-3H3. The lowest BCUT2D eigenvalue weighted by Crippen LogP contribution is -2.06. The Bertz CT molecular complexity index is 1440. The number of hydrogen-bond acceptors (Lipinski definition) is 7. The first-order valence-electron chi connectivity index (χ1n) is 9.24. The van der Waals surface area contributed by atoms with E-state index in [1.54, 1.807) is 40.3 Å². The molecule has 0 spiro atoms. The minimum absolute atomic E-state index is 0.0448. The van der Waals surface area contributed by atoms with Crippen LogP contribution in [0, 0.1) is 24.0 Å². The van der Waals surface area contributed by atoms with Gasteiger partial charge in [0.2, 0.25) is 0 Å². The van der Waals surface area contributed by atoms with Gasteiger partial charge in [-0.1, -0.05) is 24.3 Å². The molecule has 0 aliphatic carbocycles. The molecule has 11 heteroatoms. The van der Waals surface area contributed by atoms with E-state index in [2.05, 4.69) is 20.3 Å². The molecule has 30 heavy (non-hydrogen) atoms. The SMILES string of the molecule is Cc1nn(Cc2ccccc2-c2nc3c4cnn(C)c4ncn3n2)c(C)c1[N+](=O)[O-]. The van der Waals surface area contributed by atoms with Crippen LogP contribution in [0.4, 0.5) is 5.69 Å². The van der Waals surface area contributed by atoms with Gasteiger partial charge in [0.25, 0.3) is 0 Å². The summed E-state index contributed by atoms with van der Waals surface area (Å²) in [4.78, 5) is 20.0. The number of rotatable bonds is 4. The molecule has 0 saturated carbocycles. The summed E-state index contributed by atoms with van der Waals surface area (Å²) in [6, 6.07) is 7.70. The van der Waals surface area contributed by atoms with Crippen molar-refractivity contribution in [3.05, 3.63) is 63.9 Å². The van der Waals surface area contributed by atoms with E-state index in [1.807, 2.05) is 31.3 Å². The Morgan fingerprint density at radius 3 is 2.70 bits per heavy atom. The van der Waals surface area contributed by atoms with Gasteiger partial charge in [0.15, 0.2) is 17.1 Å². The van der Waals surface area contributed by atoms with Crippen LogP contribution in [0.15, 0.2) is 36.8 Å². The second kappa shape index (κ2) is 6.44. The highest BCUT2D eigenvalue weighted by Crippen LogP contribution is 2.27. The first-order valence-corrected chi connectivity index (χ1v) is 9.24. The van der Waals surface area contributed by atoms with Crippen LogP contribution in [-0.4, -0.2) is 44.1 Å². The topological polar surface area (TPSA) is 122 Å². The molecule has 0 bridgehead atoms. The van der Waals surface area contributed by atoms with Gasteiger partial charge in [0.1, 0.15) is 17.7 Å². The van der Waals surface area contributed by atoms with Crippen molar-refractivity contribution in [3.63, 3.8) is 0 Å². The summed E-state index contributed by atoms with van der Waals surface area (Å²) in [6.45, 7) is 3.71. The van der Waals surface area contributed by atoms with Gasteiger partial charge in [0.05, 0.1) is 23.1 Å².